The Balaban J connectivity index is 2.35. The second-order valence-corrected chi connectivity index (χ2v) is 4.12. The summed E-state index contributed by atoms with van der Waals surface area (Å²) < 4.78 is 11.0. The van der Waals surface area contributed by atoms with E-state index in [0.29, 0.717) is 0 Å². The number of hydrogen-bond acceptors (Lipinski definition) is 4. The zero-order chi connectivity index (χ0) is 14.5. The van der Waals surface area contributed by atoms with Crippen LogP contribution in [0.3, 0.4) is 0 Å². The molecule has 0 amide bonds. The highest BCUT2D eigenvalue weighted by Gasteiger charge is 2.20. The first-order valence-electron chi connectivity index (χ1n) is 6.17. The third-order valence-corrected chi connectivity index (χ3v) is 2.64. The molecule has 104 valence electrons. The van der Waals surface area contributed by atoms with Crippen molar-refractivity contribution >= 4 is 12.0 Å². The Morgan fingerprint density at radius 3 is 2.75 bits per heavy atom. The minimum absolute atomic E-state index is 0.210. The monoisotopic (exact) mass is 275 g/mol. The number of esters is 1. The van der Waals surface area contributed by atoms with Crippen molar-refractivity contribution in [3.63, 3.8) is 0 Å². The van der Waals surface area contributed by atoms with E-state index in [-0.39, 0.29) is 12.3 Å². The van der Waals surface area contributed by atoms with Gasteiger partial charge in [-0.05, 0) is 23.8 Å². The maximum absolute atomic E-state index is 11.6. The Kier molecular flexibility index (Phi) is 4.14. The topological polar surface area (TPSA) is 76.2 Å². The van der Waals surface area contributed by atoms with Gasteiger partial charge < -0.3 is 4.74 Å². The van der Waals surface area contributed by atoms with Crippen LogP contribution < -0.4 is 10.3 Å². The average Bonchev–Trinajstić information content (AvgIpc) is 2.79. The normalized spacial score (nSPS) is 10.9. The van der Waals surface area contributed by atoms with Crippen LogP contribution in [-0.4, -0.2) is 17.8 Å². The molecule has 0 bridgehead atoms. The van der Waals surface area contributed by atoms with Crippen molar-refractivity contribution < 1.29 is 18.7 Å². The lowest BCUT2D eigenvalue weighted by Gasteiger charge is -1.94. The number of carbonyl (C=O) groups excluding carboxylic acids is 1. The quantitative estimate of drug-likeness (QED) is 0.515. The lowest BCUT2D eigenvalue weighted by molar-refractivity contribution is -0.672. The van der Waals surface area contributed by atoms with E-state index >= 15 is 0 Å². The molecule has 0 aliphatic carbocycles. The highest BCUT2D eigenvalue weighted by atomic mass is 16.5. The van der Waals surface area contributed by atoms with E-state index < -0.39 is 11.6 Å². The molecule has 0 fully saturated rings. The molecule has 1 heterocycles. The van der Waals surface area contributed by atoms with Gasteiger partial charge in [-0.15, -0.1) is 0 Å². The summed E-state index contributed by atoms with van der Waals surface area (Å²) in [6.07, 6.45) is 2.55. The van der Waals surface area contributed by atoms with Gasteiger partial charge in [0.15, 0.2) is 0 Å². The van der Waals surface area contributed by atoms with Crippen molar-refractivity contribution in [3.05, 3.63) is 52.0 Å². The Hall–Kier alpha value is -2.63. The van der Waals surface area contributed by atoms with Crippen molar-refractivity contribution in [2.75, 3.05) is 6.61 Å². The van der Waals surface area contributed by atoms with Gasteiger partial charge in [0.05, 0.1) is 6.61 Å². The molecule has 0 saturated carbocycles. The lowest BCUT2D eigenvalue weighted by Crippen LogP contribution is -2.36. The summed E-state index contributed by atoms with van der Waals surface area (Å²) in [6, 6.07) is 7.49. The second-order valence-electron chi connectivity index (χ2n) is 4.12. The third kappa shape index (κ3) is 3.03. The SMILES string of the molecule is CCOC(=O)/C=C/c1c(=O)o[nH][n+]1-c1ccc(C)cc1. The summed E-state index contributed by atoms with van der Waals surface area (Å²) in [6.45, 7) is 3.96. The zero-order valence-corrected chi connectivity index (χ0v) is 11.3. The van der Waals surface area contributed by atoms with Crippen LogP contribution in [0.25, 0.3) is 11.8 Å². The van der Waals surface area contributed by atoms with Gasteiger partial charge in [0.25, 0.3) is 0 Å². The van der Waals surface area contributed by atoms with E-state index in [4.69, 9.17) is 9.26 Å². The van der Waals surface area contributed by atoms with Gasteiger partial charge in [0.2, 0.25) is 5.69 Å². The molecule has 0 aliphatic rings. The van der Waals surface area contributed by atoms with E-state index in [0.717, 1.165) is 11.3 Å². The average molecular weight is 275 g/mol. The van der Waals surface area contributed by atoms with Crippen LogP contribution in [-0.2, 0) is 9.53 Å². The highest BCUT2D eigenvalue weighted by Crippen LogP contribution is 2.03. The zero-order valence-electron chi connectivity index (χ0n) is 11.3. The molecule has 0 unspecified atom stereocenters. The van der Waals surface area contributed by atoms with E-state index in [1.165, 1.54) is 16.8 Å². The Morgan fingerprint density at radius 2 is 2.10 bits per heavy atom. The largest absolute Gasteiger partial charge is 0.463 e. The molecule has 0 radical (unpaired) electrons. The molecule has 0 spiro atoms. The molecule has 1 aromatic carbocycles. The Morgan fingerprint density at radius 1 is 1.40 bits per heavy atom. The summed E-state index contributed by atoms with van der Waals surface area (Å²) in [4.78, 5) is 22.9. The number of nitrogens with one attached hydrogen (secondary N) is 1. The highest BCUT2D eigenvalue weighted by molar-refractivity contribution is 5.86. The molecular weight excluding hydrogens is 260 g/mol. The Labute approximate surface area is 115 Å². The fourth-order valence-electron chi connectivity index (χ4n) is 1.65. The van der Waals surface area contributed by atoms with Crippen LogP contribution in [0.4, 0.5) is 0 Å². The number of H-pyrrole nitrogens is 1. The maximum Gasteiger partial charge on any atom is 0.435 e. The molecule has 6 heteroatoms. The van der Waals surface area contributed by atoms with Crippen molar-refractivity contribution in [2.24, 2.45) is 0 Å². The van der Waals surface area contributed by atoms with Gasteiger partial charge in [0, 0.05) is 24.3 Å². The smallest absolute Gasteiger partial charge is 0.435 e. The summed E-state index contributed by atoms with van der Waals surface area (Å²) >= 11 is 0. The molecule has 1 aromatic heterocycles. The summed E-state index contributed by atoms with van der Waals surface area (Å²) in [5, 5.41) is 2.49. The minimum atomic E-state index is -0.564. The molecule has 0 saturated heterocycles. The molecule has 2 rings (SSSR count). The van der Waals surface area contributed by atoms with E-state index in [9.17, 15) is 9.59 Å². The fourth-order valence-corrected chi connectivity index (χ4v) is 1.65. The molecule has 20 heavy (non-hydrogen) atoms. The number of aryl methyl sites for hydroxylation is 1. The molecular formula is C14H15N2O4+. The van der Waals surface area contributed by atoms with Crippen molar-refractivity contribution in [1.82, 2.24) is 5.27 Å². The van der Waals surface area contributed by atoms with E-state index in [1.54, 1.807) is 6.92 Å². The van der Waals surface area contributed by atoms with Crippen molar-refractivity contribution in [1.29, 1.82) is 0 Å². The maximum atomic E-state index is 11.6. The van der Waals surface area contributed by atoms with Gasteiger partial charge in [-0.1, -0.05) is 17.7 Å². The van der Waals surface area contributed by atoms with Crippen molar-refractivity contribution in [2.45, 2.75) is 13.8 Å². The molecule has 2 aromatic rings. The molecule has 0 atom stereocenters. The molecule has 1 N–H and O–H groups in total. The van der Waals surface area contributed by atoms with Crippen molar-refractivity contribution in [3.8, 4) is 5.69 Å². The first kappa shape index (κ1) is 13.8. The van der Waals surface area contributed by atoms with Gasteiger partial charge in [-0.3, -0.25) is 4.52 Å². The third-order valence-electron chi connectivity index (χ3n) is 2.64. The number of hydrogen-bond donors (Lipinski definition) is 1. The van der Waals surface area contributed by atoms with Crippen LogP contribution in [0.5, 0.6) is 0 Å². The van der Waals surface area contributed by atoms with Gasteiger partial charge >= 0.3 is 17.3 Å². The number of carbonyl (C=O) groups is 1. The van der Waals surface area contributed by atoms with Crippen LogP contribution in [0.15, 0.2) is 39.7 Å². The second kappa shape index (κ2) is 6.01. The van der Waals surface area contributed by atoms with E-state index in [2.05, 4.69) is 5.27 Å². The van der Waals surface area contributed by atoms with Gasteiger partial charge in [-0.2, -0.15) is 0 Å². The van der Waals surface area contributed by atoms with Gasteiger partial charge in [-0.25, -0.2) is 9.59 Å². The first-order chi connectivity index (χ1) is 9.61. The van der Waals surface area contributed by atoms with Crippen LogP contribution in [0.2, 0.25) is 0 Å². The summed E-state index contributed by atoms with van der Waals surface area (Å²) in [5.74, 6) is -0.511. The first-order valence-corrected chi connectivity index (χ1v) is 6.17. The summed E-state index contributed by atoms with van der Waals surface area (Å²) in [5.41, 5.74) is 1.47. The number of nitrogens with zero attached hydrogens (tertiary/aromatic N) is 1. The lowest BCUT2D eigenvalue weighted by atomic mass is 10.2. The number of ether oxygens (including phenoxy) is 1. The standard InChI is InChI=1S/C14H14N2O4/c1-3-19-13(17)9-8-12-14(18)20-15-16(12)11-6-4-10(2)5-7-11/h4-9H,3H2,1-2H3/p+1. The van der Waals surface area contributed by atoms with Gasteiger partial charge in [0.1, 0.15) is 0 Å². The number of aromatic amines is 1. The van der Waals surface area contributed by atoms with Crippen LogP contribution in [0.1, 0.15) is 18.2 Å². The predicted octanol–water partition coefficient (Wildman–Crippen LogP) is 1.13. The van der Waals surface area contributed by atoms with Crippen LogP contribution in [0, 0.1) is 6.92 Å². The number of aromatic nitrogens is 2. The molecule has 0 aliphatic heterocycles. The number of rotatable bonds is 4. The minimum Gasteiger partial charge on any atom is -0.463 e. The fraction of sp³-hybridized carbons (Fsp3) is 0.214. The van der Waals surface area contributed by atoms with Crippen LogP contribution >= 0.6 is 0 Å². The Bertz CT molecular complexity index is 680. The number of benzene rings is 1. The molecule has 6 nitrogen and oxygen atoms in total. The predicted molar refractivity (Wildman–Crippen MR) is 71.3 cm³/mol. The summed E-state index contributed by atoms with van der Waals surface area (Å²) in [7, 11) is 0. The van der Waals surface area contributed by atoms with E-state index in [1.807, 2.05) is 31.2 Å².